The van der Waals surface area contributed by atoms with E-state index in [-0.39, 0.29) is 12.5 Å². The number of hydrogen-bond donors (Lipinski definition) is 1. The van der Waals surface area contributed by atoms with Crippen LogP contribution in [0.3, 0.4) is 0 Å². The average molecular weight is 297 g/mol. The van der Waals surface area contributed by atoms with E-state index in [4.69, 9.17) is 5.11 Å². The molecule has 21 heavy (non-hydrogen) atoms. The van der Waals surface area contributed by atoms with Crippen molar-refractivity contribution in [2.45, 2.75) is 26.7 Å². The second kappa shape index (κ2) is 7.11. The van der Waals surface area contributed by atoms with E-state index in [1.54, 1.807) is 0 Å². The number of carboxylic acid groups (broad SMARTS) is 1. The van der Waals surface area contributed by atoms with Crippen LogP contribution in [0.4, 0.5) is 4.79 Å². The highest BCUT2D eigenvalue weighted by Crippen LogP contribution is 2.23. The lowest BCUT2D eigenvalue weighted by Gasteiger charge is -2.41. The average Bonchev–Trinajstić information content (AvgIpc) is 2.48. The van der Waals surface area contributed by atoms with E-state index in [1.165, 1.54) is 0 Å². The SMILES string of the molecule is CC1CCN(C(=O)N2CCN(CCC(=O)O)CC2)CC1C. The molecular weight excluding hydrogens is 270 g/mol. The van der Waals surface area contributed by atoms with Gasteiger partial charge in [0.1, 0.15) is 0 Å². The Morgan fingerprint density at radius 3 is 2.24 bits per heavy atom. The second-order valence-corrected chi connectivity index (χ2v) is 6.44. The third-order valence-electron chi connectivity index (χ3n) is 4.89. The first-order valence-corrected chi connectivity index (χ1v) is 7.95. The topological polar surface area (TPSA) is 64.1 Å². The number of carboxylic acids is 1. The number of piperazine rings is 1. The van der Waals surface area contributed by atoms with Gasteiger partial charge in [0.2, 0.25) is 0 Å². The molecule has 0 aromatic heterocycles. The number of urea groups is 1. The fourth-order valence-electron chi connectivity index (χ4n) is 3.05. The number of carbonyl (C=O) groups is 2. The molecule has 2 aliphatic heterocycles. The lowest BCUT2D eigenvalue weighted by molar-refractivity contribution is -0.137. The van der Waals surface area contributed by atoms with Crippen LogP contribution < -0.4 is 0 Å². The zero-order valence-corrected chi connectivity index (χ0v) is 13.1. The van der Waals surface area contributed by atoms with Gasteiger partial charge in [-0.05, 0) is 18.3 Å². The monoisotopic (exact) mass is 297 g/mol. The van der Waals surface area contributed by atoms with Crippen molar-refractivity contribution in [3.05, 3.63) is 0 Å². The lowest BCUT2D eigenvalue weighted by atomic mass is 9.89. The molecule has 0 spiro atoms. The van der Waals surface area contributed by atoms with Crippen LogP contribution in [0.2, 0.25) is 0 Å². The molecule has 2 amide bonds. The first kappa shape index (κ1) is 16.1. The highest BCUT2D eigenvalue weighted by molar-refractivity contribution is 5.74. The summed E-state index contributed by atoms with van der Waals surface area (Å²) in [5, 5.41) is 8.70. The predicted molar refractivity (Wildman–Crippen MR) is 80.2 cm³/mol. The minimum Gasteiger partial charge on any atom is -0.481 e. The van der Waals surface area contributed by atoms with Crippen molar-refractivity contribution >= 4 is 12.0 Å². The predicted octanol–water partition coefficient (Wildman–Crippen LogP) is 1.18. The first-order chi connectivity index (χ1) is 9.97. The van der Waals surface area contributed by atoms with Gasteiger partial charge in [-0.2, -0.15) is 0 Å². The largest absolute Gasteiger partial charge is 0.481 e. The Hall–Kier alpha value is -1.30. The van der Waals surface area contributed by atoms with Gasteiger partial charge >= 0.3 is 12.0 Å². The van der Waals surface area contributed by atoms with E-state index in [0.717, 1.165) is 32.6 Å². The second-order valence-electron chi connectivity index (χ2n) is 6.44. The number of likely N-dealkylation sites (tertiary alicyclic amines) is 1. The van der Waals surface area contributed by atoms with Gasteiger partial charge in [-0.15, -0.1) is 0 Å². The summed E-state index contributed by atoms with van der Waals surface area (Å²) in [7, 11) is 0. The molecule has 6 nitrogen and oxygen atoms in total. The highest BCUT2D eigenvalue weighted by atomic mass is 16.4. The van der Waals surface area contributed by atoms with E-state index in [2.05, 4.69) is 18.7 Å². The molecule has 2 aliphatic rings. The third-order valence-corrected chi connectivity index (χ3v) is 4.89. The fourth-order valence-corrected chi connectivity index (χ4v) is 3.05. The quantitative estimate of drug-likeness (QED) is 0.849. The molecule has 2 heterocycles. The first-order valence-electron chi connectivity index (χ1n) is 7.95. The number of amides is 2. The minimum absolute atomic E-state index is 0.159. The molecule has 120 valence electrons. The maximum atomic E-state index is 12.5. The zero-order chi connectivity index (χ0) is 15.4. The number of nitrogens with zero attached hydrogens (tertiary/aromatic N) is 3. The summed E-state index contributed by atoms with van der Waals surface area (Å²) in [4.78, 5) is 29.1. The number of aliphatic carboxylic acids is 1. The van der Waals surface area contributed by atoms with Crippen LogP contribution >= 0.6 is 0 Å². The van der Waals surface area contributed by atoms with Crippen molar-refractivity contribution in [2.24, 2.45) is 11.8 Å². The normalized spacial score (nSPS) is 27.7. The number of hydrogen-bond acceptors (Lipinski definition) is 3. The smallest absolute Gasteiger partial charge is 0.320 e. The molecule has 0 radical (unpaired) electrons. The molecule has 0 bridgehead atoms. The van der Waals surface area contributed by atoms with Crippen LogP contribution in [0.15, 0.2) is 0 Å². The fraction of sp³-hybridized carbons (Fsp3) is 0.867. The van der Waals surface area contributed by atoms with Gasteiger partial charge in [0.25, 0.3) is 0 Å². The minimum atomic E-state index is -0.759. The standard InChI is InChI=1S/C15H27N3O3/c1-12-3-6-18(11-13(12)2)15(21)17-9-7-16(8-10-17)5-4-14(19)20/h12-13H,3-11H2,1-2H3,(H,19,20). The highest BCUT2D eigenvalue weighted by Gasteiger charge is 2.30. The Kier molecular flexibility index (Phi) is 5.45. The van der Waals surface area contributed by atoms with Gasteiger partial charge in [0, 0.05) is 45.8 Å². The van der Waals surface area contributed by atoms with Gasteiger partial charge in [0.15, 0.2) is 0 Å². The molecule has 0 aliphatic carbocycles. The summed E-state index contributed by atoms with van der Waals surface area (Å²) in [6, 6.07) is 0.159. The Labute approximate surface area is 126 Å². The van der Waals surface area contributed by atoms with E-state index >= 15 is 0 Å². The van der Waals surface area contributed by atoms with E-state index in [9.17, 15) is 9.59 Å². The summed E-state index contributed by atoms with van der Waals surface area (Å²) >= 11 is 0. The van der Waals surface area contributed by atoms with Crippen LogP contribution in [0.1, 0.15) is 26.7 Å². The van der Waals surface area contributed by atoms with Crippen molar-refractivity contribution in [2.75, 3.05) is 45.8 Å². The summed E-state index contributed by atoms with van der Waals surface area (Å²) in [6.07, 6.45) is 1.26. The summed E-state index contributed by atoms with van der Waals surface area (Å²) in [5.41, 5.74) is 0. The van der Waals surface area contributed by atoms with Crippen molar-refractivity contribution in [3.63, 3.8) is 0 Å². The van der Waals surface area contributed by atoms with Crippen LogP contribution in [0.5, 0.6) is 0 Å². The Bertz CT molecular complexity index is 380. The van der Waals surface area contributed by atoms with Crippen molar-refractivity contribution in [3.8, 4) is 0 Å². The molecule has 2 fully saturated rings. The molecule has 2 rings (SSSR count). The van der Waals surface area contributed by atoms with Crippen LogP contribution in [-0.4, -0.2) is 77.6 Å². The molecule has 2 unspecified atom stereocenters. The lowest BCUT2D eigenvalue weighted by Crippen LogP contribution is -2.55. The maximum absolute atomic E-state index is 12.5. The van der Waals surface area contributed by atoms with Gasteiger partial charge < -0.3 is 14.9 Å². The summed E-state index contributed by atoms with van der Waals surface area (Å²) in [5.74, 6) is 0.506. The van der Waals surface area contributed by atoms with E-state index < -0.39 is 5.97 Å². The Morgan fingerprint density at radius 1 is 1.00 bits per heavy atom. The molecule has 0 aromatic carbocycles. The number of carbonyl (C=O) groups excluding carboxylic acids is 1. The van der Waals surface area contributed by atoms with Crippen molar-refractivity contribution in [1.82, 2.24) is 14.7 Å². The molecule has 2 saturated heterocycles. The van der Waals surface area contributed by atoms with Gasteiger partial charge in [0.05, 0.1) is 6.42 Å². The molecule has 2 atom stereocenters. The van der Waals surface area contributed by atoms with Crippen molar-refractivity contribution in [1.29, 1.82) is 0 Å². The number of rotatable bonds is 3. The Balaban J connectivity index is 1.76. The van der Waals surface area contributed by atoms with Crippen molar-refractivity contribution < 1.29 is 14.7 Å². The molecule has 0 aromatic rings. The van der Waals surface area contributed by atoms with Crippen LogP contribution in [0.25, 0.3) is 0 Å². The van der Waals surface area contributed by atoms with E-state index in [1.807, 2.05) is 9.80 Å². The summed E-state index contributed by atoms with van der Waals surface area (Å²) < 4.78 is 0. The number of piperidine rings is 1. The molecule has 0 saturated carbocycles. The molecular formula is C15H27N3O3. The van der Waals surface area contributed by atoms with Crippen LogP contribution in [0, 0.1) is 11.8 Å². The molecule has 1 N–H and O–H groups in total. The van der Waals surface area contributed by atoms with E-state index in [0.29, 0.717) is 31.5 Å². The Morgan fingerprint density at radius 2 is 1.67 bits per heavy atom. The zero-order valence-electron chi connectivity index (χ0n) is 13.1. The summed E-state index contributed by atoms with van der Waals surface area (Å²) in [6.45, 7) is 9.75. The maximum Gasteiger partial charge on any atom is 0.320 e. The molecule has 6 heteroatoms. The van der Waals surface area contributed by atoms with Gasteiger partial charge in [-0.1, -0.05) is 13.8 Å². The third kappa shape index (κ3) is 4.33. The van der Waals surface area contributed by atoms with Gasteiger partial charge in [-0.25, -0.2) is 4.79 Å². The van der Waals surface area contributed by atoms with Gasteiger partial charge in [-0.3, -0.25) is 9.69 Å². The van der Waals surface area contributed by atoms with Crippen LogP contribution in [-0.2, 0) is 4.79 Å².